The van der Waals surface area contributed by atoms with Gasteiger partial charge in [0.2, 0.25) is 0 Å². The zero-order valence-electron chi connectivity index (χ0n) is 18.4. The zero-order chi connectivity index (χ0) is 21.5. The van der Waals surface area contributed by atoms with Crippen molar-refractivity contribution in [1.82, 2.24) is 25.2 Å². The summed E-state index contributed by atoms with van der Waals surface area (Å²) in [7, 11) is 2.04. The molecular formula is C24H31N7. The Kier molecular flexibility index (Phi) is 6.82. The monoisotopic (exact) mass is 417 g/mol. The molecule has 2 N–H and O–H groups in total. The fraction of sp³-hybridized carbons (Fsp3) is 0.375. The van der Waals surface area contributed by atoms with Crippen LogP contribution in [0.4, 0.5) is 5.82 Å². The zero-order valence-corrected chi connectivity index (χ0v) is 18.4. The number of anilines is 1. The molecule has 162 valence electrons. The molecule has 1 saturated heterocycles. The fourth-order valence-corrected chi connectivity index (χ4v) is 3.82. The van der Waals surface area contributed by atoms with Crippen molar-refractivity contribution in [1.29, 1.82) is 0 Å². The van der Waals surface area contributed by atoms with E-state index in [1.54, 1.807) is 0 Å². The highest BCUT2D eigenvalue weighted by Crippen LogP contribution is 2.19. The number of nitrogens with one attached hydrogen (secondary N) is 2. The van der Waals surface area contributed by atoms with Crippen LogP contribution in [0.3, 0.4) is 0 Å². The Bertz CT molecular complexity index is 990. The van der Waals surface area contributed by atoms with Gasteiger partial charge in [-0.05, 0) is 43.0 Å². The van der Waals surface area contributed by atoms with Gasteiger partial charge in [0.05, 0.1) is 25.0 Å². The minimum atomic E-state index is 0.615. The average molecular weight is 418 g/mol. The third-order valence-corrected chi connectivity index (χ3v) is 5.45. The van der Waals surface area contributed by atoms with Crippen molar-refractivity contribution < 1.29 is 0 Å². The van der Waals surface area contributed by atoms with Crippen molar-refractivity contribution in [2.45, 2.75) is 32.9 Å². The Morgan fingerprint density at radius 1 is 1.16 bits per heavy atom. The number of aromatic amines is 1. The lowest BCUT2D eigenvalue weighted by Gasteiger charge is -2.21. The third kappa shape index (κ3) is 5.42. The maximum absolute atomic E-state index is 4.86. The molecule has 3 heterocycles. The van der Waals surface area contributed by atoms with Gasteiger partial charge < -0.3 is 20.1 Å². The smallest absolute Gasteiger partial charge is 0.194 e. The number of H-pyrrole nitrogens is 1. The van der Waals surface area contributed by atoms with Gasteiger partial charge in [0.25, 0.3) is 0 Å². The maximum Gasteiger partial charge on any atom is 0.194 e. The Morgan fingerprint density at radius 3 is 2.74 bits per heavy atom. The summed E-state index contributed by atoms with van der Waals surface area (Å²) in [6.45, 7) is 6.35. The van der Waals surface area contributed by atoms with Crippen LogP contribution in [0.5, 0.6) is 0 Å². The van der Waals surface area contributed by atoms with Crippen LogP contribution in [0.25, 0.3) is 11.3 Å². The summed E-state index contributed by atoms with van der Waals surface area (Å²) in [5, 5.41) is 3.39. The number of imidazole rings is 1. The molecule has 0 radical (unpaired) electrons. The highest BCUT2D eigenvalue weighted by atomic mass is 15.3. The van der Waals surface area contributed by atoms with Gasteiger partial charge in [0.1, 0.15) is 11.6 Å². The van der Waals surface area contributed by atoms with Crippen LogP contribution in [0.2, 0.25) is 0 Å². The Morgan fingerprint density at radius 2 is 1.97 bits per heavy atom. The van der Waals surface area contributed by atoms with Crippen LogP contribution in [-0.2, 0) is 13.1 Å². The van der Waals surface area contributed by atoms with Gasteiger partial charge in [-0.2, -0.15) is 0 Å². The molecule has 0 bridgehead atoms. The Labute approximate surface area is 184 Å². The molecule has 1 fully saturated rings. The van der Waals surface area contributed by atoms with Crippen LogP contribution < -0.4 is 10.2 Å². The molecule has 2 aromatic heterocycles. The van der Waals surface area contributed by atoms with Crippen molar-refractivity contribution in [3.8, 4) is 11.3 Å². The third-order valence-electron chi connectivity index (χ3n) is 5.45. The second kappa shape index (κ2) is 10.1. The first-order valence-electron chi connectivity index (χ1n) is 11.0. The molecule has 0 saturated carbocycles. The second-order valence-corrected chi connectivity index (χ2v) is 7.85. The number of aliphatic imine (C=N–C) groups is 1. The molecule has 1 aliphatic rings. The number of pyridine rings is 1. The standard InChI is InChI=1S/C24H31N7/c1-3-25-24(28-16-19-11-12-26-23(15-19)31-13-7-8-14-31)30(2)18-22-27-17-21(29-22)20-9-5-4-6-10-20/h4-6,9-12,15,17H,3,7-8,13-14,16,18H2,1-2H3,(H,25,28)(H,27,29). The van der Waals surface area contributed by atoms with Crippen LogP contribution >= 0.6 is 0 Å². The molecule has 4 rings (SSSR count). The number of rotatable bonds is 7. The lowest BCUT2D eigenvalue weighted by Crippen LogP contribution is -2.38. The van der Waals surface area contributed by atoms with Gasteiger partial charge in [0.15, 0.2) is 5.96 Å². The van der Waals surface area contributed by atoms with E-state index in [0.29, 0.717) is 13.1 Å². The summed E-state index contributed by atoms with van der Waals surface area (Å²) in [6.07, 6.45) is 6.28. The Hall–Kier alpha value is -3.35. The largest absolute Gasteiger partial charge is 0.357 e. The average Bonchev–Trinajstić information content (AvgIpc) is 3.50. The van der Waals surface area contributed by atoms with Gasteiger partial charge in [-0.3, -0.25) is 0 Å². The van der Waals surface area contributed by atoms with E-state index >= 15 is 0 Å². The first-order chi connectivity index (χ1) is 15.2. The minimum Gasteiger partial charge on any atom is -0.357 e. The van der Waals surface area contributed by atoms with E-state index in [4.69, 9.17) is 4.99 Å². The number of hydrogen-bond acceptors (Lipinski definition) is 4. The molecule has 1 aromatic carbocycles. The second-order valence-electron chi connectivity index (χ2n) is 7.85. The number of benzene rings is 1. The van der Waals surface area contributed by atoms with Gasteiger partial charge in [-0.15, -0.1) is 0 Å². The quantitative estimate of drug-likeness (QED) is 0.453. The molecule has 0 spiro atoms. The molecule has 0 aliphatic carbocycles. The SMILES string of the molecule is CCNC(=NCc1ccnc(N2CCCC2)c1)N(C)Cc1ncc(-c2ccccc2)[nH]1. The van der Waals surface area contributed by atoms with Crippen molar-refractivity contribution in [2.75, 3.05) is 31.6 Å². The van der Waals surface area contributed by atoms with E-state index in [-0.39, 0.29) is 0 Å². The van der Waals surface area contributed by atoms with Crippen LogP contribution in [0, 0.1) is 0 Å². The minimum absolute atomic E-state index is 0.615. The molecule has 3 aromatic rings. The number of nitrogens with zero attached hydrogens (tertiary/aromatic N) is 5. The van der Waals surface area contributed by atoms with Gasteiger partial charge in [-0.25, -0.2) is 15.0 Å². The van der Waals surface area contributed by atoms with Crippen LogP contribution in [0.15, 0.2) is 59.9 Å². The van der Waals surface area contributed by atoms with Gasteiger partial charge >= 0.3 is 0 Å². The normalized spacial score (nSPS) is 14.1. The summed E-state index contributed by atoms with van der Waals surface area (Å²) in [4.78, 5) is 21.8. The summed E-state index contributed by atoms with van der Waals surface area (Å²) in [6, 6.07) is 14.5. The molecule has 0 atom stereocenters. The lowest BCUT2D eigenvalue weighted by molar-refractivity contribution is 0.464. The van der Waals surface area contributed by atoms with Crippen LogP contribution in [-0.4, -0.2) is 52.5 Å². The first-order valence-corrected chi connectivity index (χ1v) is 11.0. The van der Waals surface area contributed by atoms with Crippen LogP contribution in [0.1, 0.15) is 31.2 Å². The van der Waals surface area contributed by atoms with E-state index in [0.717, 1.165) is 48.5 Å². The van der Waals surface area contributed by atoms with E-state index < -0.39 is 0 Å². The summed E-state index contributed by atoms with van der Waals surface area (Å²) in [5.74, 6) is 2.83. The number of guanidine groups is 1. The predicted octanol–water partition coefficient (Wildman–Crippen LogP) is 3.67. The van der Waals surface area contributed by atoms with E-state index in [9.17, 15) is 0 Å². The van der Waals surface area contributed by atoms with Crippen molar-refractivity contribution in [3.63, 3.8) is 0 Å². The summed E-state index contributed by atoms with van der Waals surface area (Å²) >= 11 is 0. The molecule has 31 heavy (non-hydrogen) atoms. The highest BCUT2D eigenvalue weighted by molar-refractivity contribution is 5.79. The maximum atomic E-state index is 4.86. The summed E-state index contributed by atoms with van der Waals surface area (Å²) in [5.41, 5.74) is 3.33. The Balaban J connectivity index is 1.42. The van der Waals surface area contributed by atoms with Crippen molar-refractivity contribution in [2.24, 2.45) is 4.99 Å². The molecule has 0 amide bonds. The number of aromatic nitrogens is 3. The summed E-state index contributed by atoms with van der Waals surface area (Å²) < 4.78 is 0. The first kappa shape index (κ1) is 20.9. The number of hydrogen-bond donors (Lipinski definition) is 2. The molecular weight excluding hydrogens is 386 g/mol. The van der Waals surface area contributed by atoms with Gasteiger partial charge in [-0.1, -0.05) is 30.3 Å². The van der Waals surface area contributed by atoms with Crippen molar-refractivity contribution in [3.05, 3.63) is 66.2 Å². The van der Waals surface area contributed by atoms with E-state index in [2.05, 4.69) is 55.2 Å². The molecule has 7 nitrogen and oxygen atoms in total. The van der Waals surface area contributed by atoms with Gasteiger partial charge in [0, 0.05) is 32.9 Å². The van der Waals surface area contributed by atoms with E-state index in [1.165, 1.54) is 18.4 Å². The molecule has 7 heteroatoms. The molecule has 0 unspecified atom stereocenters. The van der Waals surface area contributed by atoms with E-state index in [1.807, 2.05) is 43.7 Å². The lowest BCUT2D eigenvalue weighted by atomic mass is 10.2. The fourth-order valence-electron chi connectivity index (χ4n) is 3.82. The van der Waals surface area contributed by atoms with Crippen molar-refractivity contribution >= 4 is 11.8 Å². The topological polar surface area (TPSA) is 72.4 Å². The highest BCUT2D eigenvalue weighted by Gasteiger charge is 2.14. The predicted molar refractivity (Wildman–Crippen MR) is 126 cm³/mol. The molecule has 1 aliphatic heterocycles.